The minimum atomic E-state index is 0.837. The first-order chi connectivity index (χ1) is 5.30. The Morgan fingerprint density at radius 3 is 2.73 bits per heavy atom. The fraction of sp³-hybridized carbons (Fsp3) is 0.818. The standard InChI is InChI=1S/C11H20/c1-10(2)11-8-6-4-3-5-7-9-11/h6,8,10-11H,3-5,7,9H2,1-2H3/b8-6+/t11-/m0/s1. The van der Waals surface area contributed by atoms with Gasteiger partial charge in [-0.15, -0.1) is 0 Å². The lowest BCUT2D eigenvalue weighted by Gasteiger charge is -2.18. The molecule has 0 nitrogen and oxygen atoms in total. The van der Waals surface area contributed by atoms with E-state index in [-0.39, 0.29) is 0 Å². The summed E-state index contributed by atoms with van der Waals surface area (Å²) in [7, 11) is 0. The molecule has 0 spiro atoms. The second kappa shape index (κ2) is 4.58. The van der Waals surface area contributed by atoms with Gasteiger partial charge in [-0.3, -0.25) is 0 Å². The van der Waals surface area contributed by atoms with Gasteiger partial charge < -0.3 is 0 Å². The van der Waals surface area contributed by atoms with Crippen molar-refractivity contribution in [3.05, 3.63) is 12.2 Å². The molecule has 11 heavy (non-hydrogen) atoms. The number of rotatable bonds is 1. The molecule has 0 heteroatoms. The van der Waals surface area contributed by atoms with Crippen molar-refractivity contribution in [1.82, 2.24) is 0 Å². The van der Waals surface area contributed by atoms with Crippen molar-refractivity contribution in [2.24, 2.45) is 11.8 Å². The number of hydrogen-bond acceptors (Lipinski definition) is 0. The minimum Gasteiger partial charge on any atom is -0.0883 e. The molecule has 0 heterocycles. The molecule has 0 N–H and O–H groups in total. The van der Waals surface area contributed by atoms with E-state index in [1.54, 1.807) is 0 Å². The molecule has 0 aliphatic heterocycles. The predicted molar refractivity (Wildman–Crippen MR) is 50.6 cm³/mol. The van der Waals surface area contributed by atoms with Gasteiger partial charge in [0, 0.05) is 0 Å². The molecule has 1 aliphatic rings. The normalized spacial score (nSPS) is 29.5. The van der Waals surface area contributed by atoms with E-state index in [1.165, 1.54) is 32.1 Å². The van der Waals surface area contributed by atoms with Crippen molar-refractivity contribution in [3.8, 4) is 0 Å². The average Bonchev–Trinajstić information content (AvgIpc) is 1.84. The van der Waals surface area contributed by atoms with Crippen LogP contribution in [0.2, 0.25) is 0 Å². The molecule has 64 valence electrons. The first-order valence-electron chi connectivity index (χ1n) is 4.97. The van der Waals surface area contributed by atoms with Crippen LogP contribution in [0.25, 0.3) is 0 Å². The summed E-state index contributed by atoms with van der Waals surface area (Å²) in [5, 5.41) is 0. The molecular weight excluding hydrogens is 132 g/mol. The Balaban J connectivity index is 2.42. The molecule has 1 atom stereocenters. The third-order valence-corrected chi connectivity index (χ3v) is 2.65. The van der Waals surface area contributed by atoms with Gasteiger partial charge in [0.15, 0.2) is 0 Å². The van der Waals surface area contributed by atoms with E-state index in [0.29, 0.717) is 0 Å². The summed E-state index contributed by atoms with van der Waals surface area (Å²) in [5.74, 6) is 1.69. The smallest absolute Gasteiger partial charge is 0.0210 e. The zero-order chi connectivity index (χ0) is 8.10. The topological polar surface area (TPSA) is 0 Å². The summed E-state index contributed by atoms with van der Waals surface area (Å²) >= 11 is 0. The molecule has 0 unspecified atom stereocenters. The maximum Gasteiger partial charge on any atom is -0.0210 e. The summed E-state index contributed by atoms with van der Waals surface area (Å²) in [6.45, 7) is 4.66. The Kier molecular flexibility index (Phi) is 3.68. The highest BCUT2D eigenvalue weighted by molar-refractivity contribution is 4.91. The highest BCUT2D eigenvalue weighted by atomic mass is 14.2. The Bertz CT molecular complexity index is 122. The lowest BCUT2D eigenvalue weighted by atomic mass is 9.88. The lowest BCUT2D eigenvalue weighted by Crippen LogP contribution is -2.06. The molecule has 0 saturated carbocycles. The van der Waals surface area contributed by atoms with Crippen molar-refractivity contribution in [3.63, 3.8) is 0 Å². The zero-order valence-electron chi connectivity index (χ0n) is 7.84. The third kappa shape index (κ3) is 3.09. The van der Waals surface area contributed by atoms with Gasteiger partial charge >= 0.3 is 0 Å². The summed E-state index contributed by atoms with van der Waals surface area (Å²) in [6, 6.07) is 0. The van der Waals surface area contributed by atoms with Crippen LogP contribution in [0.1, 0.15) is 46.0 Å². The molecule has 0 bridgehead atoms. The van der Waals surface area contributed by atoms with Gasteiger partial charge in [0.2, 0.25) is 0 Å². The van der Waals surface area contributed by atoms with Gasteiger partial charge in [-0.1, -0.05) is 38.8 Å². The molecule has 0 amide bonds. The van der Waals surface area contributed by atoms with E-state index in [1.807, 2.05) is 0 Å². The van der Waals surface area contributed by atoms with Crippen LogP contribution >= 0.6 is 0 Å². The summed E-state index contributed by atoms with van der Waals surface area (Å²) in [4.78, 5) is 0. The molecule has 0 fully saturated rings. The van der Waals surface area contributed by atoms with Gasteiger partial charge in [-0.2, -0.15) is 0 Å². The van der Waals surface area contributed by atoms with Crippen LogP contribution in [0, 0.1) is 11.8 Å². The van der Waals surface area contributed by atoms with Crippen LogP contribution in [0.15, 0.2) is 12.2 Å². The third-order valence-electron chi connectivity index (χ3n) is 2.65. The van der Waals surface area contributed by atoms with Gasteiger partial charge in [0.25, 0.3) is 0 Å². The first-order valence-corrected chi connectivity index (χ1v) is 4.97. The van der Waals surface area contributed by atoms with Crippen LogP contribution in [0.3, 0.4) is 0 Å². The minimum absolute atomic E-state index is 0.837. The van der Waals surface area contributed by atoms with E-state index in [4.69, 9.17) is 0 Å². The van der Waals surface area contributed by atoms with Crippen molar-refractivity contribution >= 4 is 0 Å². The van der Waals surface area contributed by atoms with Crippen LogP contribution in [-0.2, 0) is 0 Å². The van der Waals surface area contributed by atoms with Crippen LogP contribution in [-0.4, -0.2) is 0 Å². The van der Waals surface area contributed by atoms with Gasteiger partial charge in [0.05, 0.1) is 0 Å². The fourth-order valence-corrected chi connectivity index (χ4v) is 1.74. The van der Waals surface area contributed by atoms with E-state index in [2.05, 4.69) is 26.0 Å². The molecule has 0 aromatic rings. The van der Waals surface area contributed by atoms with Crippen LogP contribution in [0.5, 0.6) is 0 Å². The highest BCUT2D eigenvalue weighted by Crippen LogP contribution is 2.22. The summed E-state index contributed by atoms with van der Waals surface area (Å²) in [5.41, 5.74) is 0. The molecular formula is C11H20. The summed E-state index contributed by atoms with van der Waals surface area (Å²) < 4.78 is 0. The van der Waals surface area contributed by atoms with Gasteiger partial charge in [-0.25, -0.2) is 0 Å². The molecule has 1 rings (SSSR count). The van der Waals surface area contributed by atoms with Crippen molar-refractivity contribution < 1.29 is 0 Å². The second-order valence-electron chi connectivity index (χ2n) is 3.97. The van der Waals surface area contributed by atoms with Crippen LogP contribution in [0.4, 0.5) is 0 Å². The van der Waals surface area contributed by atoms with E-state index >= 15 is 0 Å². The molecule has 0 aromatic heterocycles. The van der Waals surface area contributed by atoms with Crippen molar-refractivity contribution in [2.45, 2.75) is 46.0 Å². The Morgan fingerprint density at radius 1 is 1.18 bits per heavy atom. The first kappa shape index (κ1) is 8.83. The molecule has 0 aromatic carbocycles. The molecule has 1 aliphatic carbocycles. The zero-order valence-corrected chi connectivity index (χ0v) is 7.84. The number of allylic oxidation sites excluding steroid dienone is 2. The fourth-order valence-electron chi connectivity index (χ4n) is 1.74. The Labute approximate surface area is 70.7 Å². The predicted octanol–water partition coefficient (Wildman–Crippen LogP) is 3.78. The highest BCUT2D eigenvalue weighted by Gasteiger charge is 2.09. The maximum atomic E-state index is 2.43. The average molecular weight is 152 g/mol. The number of hydrogen-bond donors (Lipinski definition) is 0. The SMILES string of the molecule is CC(C)[C@H]1/C=C/CCCCC1. The van der Waals surface area contributed by atoms with E-state index in [9.17, 15) is 0 Å². The van der Waals surface area contributed by atoms with Crippen LogP contribution < -0.4 is 0 Å². The molecule has 0 radical (unpaired) electrons. The van der Waals surface area contributed by atoms with Crippen molar-refractivity contribution in [2.75, 3.05) is 0 Å². The van der Waals surface area contributed by atoms with E-state index < -0.39 is 0 Å². The van der Waals surface area contributed by atoms with Gasteiger partial charge in [-0.05, 0) is 31.1 Å². The summed E-state index contributed by atoms with van der Waals surface area (Å²) in [6.07, 6.45) is 11.8. The maximum absolute atomic E-state index is 2.43. The van der Waals surface area contributed by atoms with Crippen molar-refractivity contribution in [1.29, 1.82) is 0 Å². The largest absolute Gasteiger partial charge is 0.0883 e. The Morgan fingerprint density at radius 2 is 2.00 bits per heavy atom. The van der Waals surface area contributed by atoms with E-state index in [0.717, 1.165) is 11.8 Å². The lowest BCUT2D eigenvalue weighted by molar-refractivity contribution is 0.409. The molecule has 0 saturated heterocycles. The monoisotopic (exact) mass is 152 g/mol. The quantitative estimate of drug-likeness (QED) is 0.502. The van der Waals surface area contributed by atoms with Gasteiger partial charge in [0.1, 0.15) is 0 Å². The second-order valence-corrected chi connectivity index (χ2v) is 3.97. The Hall–Kier alpha value is -0.260.